The summed E-state index contributed by atoms with van der Waals surface area (Å²) in [5.74, 6) is 0.252. The molecule has 0 aliphatic rings. The minimum Gasteiger partial charge on any atom is -0.473 e. The van der Waals surface area contributed by atoms with Crippen LogP contribution in [0.15, 0.2) is 78.9 Å². The Kier molecular flexibility index (Phi) is 7.44. The third-order valence-electron chi connectivity index (χ3n) is 6.04. The van der Waals surface area contributed by atoms with E-state index in [0.29, 0.717) is 41.4 Å². The van der Waals surface area contributed by atoms with Gasteiger partial charge in [0.1, 0.15) is 24.1 Å². The number of hydrogen-bond donors (Lipinski definition) is 0. The smallest absolute Gasteiger partial charge is 0.214 e. The first-order valence-corrected chi connectivity index (χ1v) is 12.2. The van der Waals surface area contributed by atoms with Crippen LogP contribution >= 0.6 is 11.6 Å². The maximum atomic E-state index is 15.2. The summed E-state index contributed by atoms with van der Waals surface area (Å²) < 4.78 is 42.3. The van der Waals surface area contributed by atoms with Gasteiger partial charge >= 0.3 is 0 Å². The van der Waals surface area contributed by atoms with Crippen LogP contribution in [0.4, 0.5) is 8.78 Å². The van der Waals surface area contributed by atoms with Crippen LogP contribution in [0.2, 0.25) is 5.02 Å². The van der Waals surface area contributed by atoms with Gasteiger partial charge in [0, 0.05) is 42.3 Å². The van der Waals surface area contributed by atoms with Crippen LogP contribution in [-0.2, 0) is 24.3 Å². The number of hydrogen-bond acceptors (Lipinski definition) is 4. The van der Waals surface area contributed by atoms with E-state index in [1.165, 1.54) is 12.1 Å². The Balaban J connectivity index is 1.35. The molecule has 0 unspecified atom stereocenters. The number of fused-ring (bicyclic) bond motifs is 1. The number of para-hydroxylation sites is 2. The standard InChI is InChI=1S/C29H24ClF2N3O2/c1-36-14-13-35-27-7-3-2-5-26(27)33-28(35)16-19-9-12-22(24(32)15-19)25-6-4-8-29(34-25)37-18-20-10-11-21(30)17-23(20)31/h2-12,15,17H,13-14,16,18H2,1H3. The average molecular weight is 520 g/mol. The van der Waals surface area contributed by atoms with E-state index in [-0.39, 0.29) is 12.5 Å². The zero-order chi connectivity index (χ0) is 25.8. The van der Waals surface area contributed by atoms with Gasteiger partial charge in [0.2, 0.25) is 5.88 Å². The van der Waals surface area contributed by atoms with Crippen LogP contribution < -0.4 is 4.74 Å². The molecular weight excluding hydrogens is 496 g/mol. The zero-order valence-electron chi connectivity index (χ0n) is 20.1. The number of methoxy groups -OCH3 is 1. The number of halogens is 3. The second-order valence-corrected chi connectivity index (χ2v) is 8.97. The van der Waals surface area contributed by atoms with Crippen molar-refractivity contribution in [3.8, 4) is 17.1 Å². The van der Waals surface area contributed by atoms with Gasteiger partial charge in [-0.15, -0.1) is 0 Å². The van der Waals surface area contributed by atoms with E-state index in [9.17, 15) is 4.39 Å². The lowest BCUT2D eigenvalue weighted by Gasteiger charge is -2.11. The molecular formula is C29H24ClF2N3O2. The van der Waals surface area contributed by atoms with Gasteiger partial charge in [0.15, 0.2) is 0 Å². The molecule has 37 heavy (non-hydrogen) atoms. The van der Waals surface area contributed by atoms with Crippen molar-refractivity contribution in [2.24, 2.45) is 0 Å². The lowest BCUT2D eigenvalue weighted by Crippen LogP contribution is -2.09. The van der Waals surface area contributed by atoms with E-state index in [0.717, 1.165) is 22.4 Å². The quantitative estimate of drug-likeness (QED) is 0.214. The topological polar surface area (TPSA) is 49.2 Å². The second kappa shape index (κ2) is 11.1. The fraction of sp³-hybridized carbons (Fsp3) is 0.172. The largest absolute Gasteiger partial charge is 0.473 e. The van der Waals surface area contributed by atoms with Gasteiger partial charge < -0.3 is 14.0 Å². The van der Waals surface area contributed by atoms with Crippen LogP contribution in [0.1, 0.15) is 17.0 Å². The van der Waals surface area contributed by atoms with Gasteiger partial charge in [0.05, 0.1) is 23.3 Å². The molecule has 0 bridgehead atoms. The van der Waals surface area contributed by atoms with Gasteiger partial charge in [-0.3, -0.25) is 0 Å². The molecule has 8 heteroatoms. The molecule has 0 saturated heterocycles. The highest BCUT2D eigenvalue weighted by atomic mass is 35.5. The maximum absolute atomic E-state index is 15.2. The number of imidazole rings is 1. The third kappa shape index (κ3) is 5.63. The predicted octanol–water partition coefficient (Wildman–Crippen LogP) is 6.85. The van der Waals surface area contributed by atoms with Crippen molar-refractivity contribution in [2.45, 2.75) is 19.6 Å². The molecule has 0 aliphatic carbocycles. The minimum atomic E-state index is -0.457. The summed E-state index contributed by atoms with van der Waals surface area (Å²) in [6.45, 7) is 1.18. The molecule has 188 valence electrons. The Morgan fingerprint density at radius 2 is 1.76 bits per heavy atom. The van der Waals surface area contributed by atoms with Crippen molar-refractivity contribution in [1.82, 2.24) is 14.5 Å². The van der Waals surface area contributed by atoms with Crippen molar-refractivity contribution in [1.29, 1.82) is 0 Å². The Morgan fingerprint density at radius 1 is 0.892 bits per heavy atom. The lowest BCUT2D eigenvalue weighted by molar-refractivity contribution is 0.187. The Morgan fingerprint density at radius 3 is 2.57 bits per heavy atom. The van der Waals surface area contributed by atoms with Gasteiger partial charge in [-0.2, -0.15) is 0 Å². The number of benzene rings is 3. The van der Waals surface area contributed by atoms with Gasteiger partial charge in [-0.1, -0.05) is 41.9 Å². The van der Waals surface area contributed by atoms with Gasteiger partial charge in [-0.05, 0) is 48.0 Å². The highest BCUT2D eigenvalue weighted by molar-refractivity contribution is 6.30. The highest BCUT2D eigenvalue weighted by Gasteiger charge is 2.14. The van der Waals surface area contributed by atoms with Crippen LogP contribution in [0.3, 0.4) is 0 Å². The summed E-state index contributed by atoms with van der Waals surface area (Å²) in [4.78, 5) is 9.18. The van der Waals surface area contributed by atoms with E-state index in [4.69, 9.17) is 26.1 Å². The van der Waals surface area contributed by atoms with Crippen LogP contribution in [0, 0.1) is 11.6 Å². The van der Waals surface area contributed by atoms with E-state index < -0.39 is 11.6 Å². The van der Waals surface area contributed by atoms with Crippen LogP contribution in [-0.4, -0.2) is 28.3 Å². The number of rotatable bonds is 9. The average Bonchev–Trinajstić information content (AvgIpc) is 3.24. The summed E-state index contributed by atoms with van der Waals surface area (Å²) in [6, 6.07) is 22.5. The molecule has 2 heterocycles. The van der Waals surface area contributed by atoms with Crippen molar-refractivity contribution >= 4 is 22.6 Å². The number of nitrogens with zero attached hydrogens (tertiary/aromatic N) is 3. The fourth-order valence-electron chi connectivity index (χ4n) is 4.19. The summed E-state index contributed by atoms with van der Waals surface area (Å²) in [5, 5.41) is 0.313. The van der Waals surface area contributed by atoms with E-state index in [2.05, 4.69) is 9.55 Å². The Labute approximate surface area is 218 Å². The normalized spacial score (nSPS) is 11.2. The molecule has 0 amide bonds. The van der Waals surface area contributed by atoms with Crippen LogP contribution in [0.25, 0.3) is 22.3 Å². The number of aromatic nitrogens is 3. The zero-order valence-corrected chi connectivity index (χ0v) is 20.9. The second-order valence-electron chi connectivity index (χ2n) is 8.54. The third-order valence-corrected chi connectivity index (χ3v) is 6.27. The Bertz CT molecular complexity index is 1550. The molecule has 5 nitrogen and oxygen atoms in total. The predicted molar refractivity (Wildman–Crippen MR) is 140 cm³/mol. The number of pyridine rings is 1. The molecule has 0 aliphatic heterocycles. The first kappa shape index (κ1) is 24.9. The summed E-state index contributed by atoms with van der Waals surface area (Å²) >= 11 is 5.80. The van der Waals surface area contributed by atoms with E-state index in [1.807, 2.05) is 30.3 Å². The monoisotopic (exact) mass is 519 g/mol. The molecule has 3 aromatic carbocycles. The molecule has 0 radical (unpaired) electrons. The molecule has 0 saturated carbocycles. The molecule has 0 spiro atoms. The summed E-state index contributed by atoms with van der Waals surface area (Å²) in [7, 11) is 1.66. The fourth-order valence-corrected chi connectivity index (χ4v) is 4.35. The molecule has 2 aromatic heterocycles. The summed E-state index contributed by atoms with van der Waals surface area (Å²) in [5.41, 5.74) is 3.83. The summed E-state index contributed by atoms with van der Waals surface area (Å²) in [6.07, 6.45) is 0.471. The van der Waals surface area contributed by atoms with E-state index in [1.54, 1.807) is 43.5 Å². The van der Waals surface area contributed by atoms with Gasteiger partial charge in [-0.25, -0.2) is 18.7 Å². The molecule has 5 rings (SSSR count). The van der Waals surface area contributed by atoms with Crippen molar-refractivity contribution < 1.29 is 18.3 Å². The maximum Gasteiger partial charge on any atom is 0.214 e. The van der Waals surface area contributed by atoms with Crippen LogP contribution in [0.5, 0.6) is 5.88 Å². The number of ether oxygens (including phenoxy) is 2. The molecule has 0 fully saturated rings. The highest BCUT2D eigenvalue weighted by Crippen LogP contribution is 2.26. The SMILES string of the molecule is COCCn1c(Cc2ccc(-c3cccc(OCc4ccc(Cl)cc4F)n3)c(F)c2)nc2ccccc21. The van der Waals surface area contributed by atoms with E-state index >= 15 is 4.39 Å². The first-order valence-electron chi connectivity index (χ1n) is 11.8. The van der Waals surface area contributed by atoms with Crippen molar-refractivity contribution in [2.75, 3.05) is 13.7 Å². The Hall–Kier alpha value is -3.81. The van der Waals surface area contributed by atoms with Crippen molar-refractivity contribution in [3.05, 3.63) is 112 Å². The lowest BCUT2D eigenvalue weighted by atomic mass is 10.1. The van der Waals surface area contributed by atoms with Gasteiger partial charge in [0.25, 0.3) is 0 Å². The molecule has 0 atom stereocenters. The molecule has 0 N–H and O–H groups in total. The first-order chi connectivity index (χ1) is 18.0. The van der Waals surface area contributed by atoms with Crippen molar-refractivity contribution in [3.63, 3.8) is 0 Å². The minimum absolute atomic E-state index is 0.0229. The molecule has 5 aromatic rings.